The van der Waals surface area contributed by atoms with Crippen molar-refractivity contribution in [2.45, 2.75) is 19.0 Å². The summed E-state index contributed by atoms with van der Waals surface area (Å²) in [6, 6.07) is 10.4. The Morgan fingerprint density at radius 1 is 1.21 bits per heavy atom. The standard InChI is InChI=1S/C22H19Cl2N7O2/c23-15-5-4-13(9-16(15)24)10-26-22-28-18-11-27-31(19(18)20(32)29-22)14-6-8-30(12-14)21(33)17-3-1-2-7-25-17/h1-5,7,9,11,14H,6,8,10,12H2,(H2,26,28,29,32). The Morgan fingerprint density at radius 3 is 2.88 bits per heavy atom. The highest BCUT2D eigenvalue weighted by Crippen LogP contribution is 2.25. The summed E-state index contributed by atoms with van der Waals surface area (Å²) < 4.78 is 1.66. The molecular formula is C22H19Cl2N7O2. The van der Waals surface area contributed by atoms with Crippen LogP contribution in [0.4, 0.5) is 5.95 Å². The maximum Gasteiger partial charge on any atom is 0.278 e. The van der Waals surface area contributed by atoms with Crippen LogP contribution in [0.5, 0.6) is 0 Å². The number of nitrogens with one attached hydrogen (secondary N) is 2. The fourth-order valence-corrected chi connectivity index (χ4v) is 4.26. The molecule has 1 unspecified atom stereocenters. The van der Waals surface area contributed by atoms with Crippen molar-refractivity contribution in [3.8, 4) is 0 Å². The predicted molar refractivity (Wildman–Crippen MR) is 126 cm³/mol. The quantitative estimate of drug-likeness (QED) is 0.449. The van der Waals surface area contributed by atoms with E-state index in [4.69, 9.17) is 23.2 Å². The number of amides is 1. The number of rotatable bonds is 5. The first-order chi connectivity index (χ1) is 16.0. The Morgan fingerprint density at radius 2 is 2.09 bits per heavy atom. The van der Waals surface area contributed by atoms with Gasteiger partial charge in [-0.15, -0.1) is 0 Å². The number of H-pyrrole nitrogens is 1. The van der Waals surface area contributed by atoms with E-state index in [0.29, 0.717) is 58.8 Å². The summed E-state index contributed by atoms with van der Waals surface area (Å²) in [4.78, 5) is 38.7. The van der Waals surface area contributed by atoms with Gasteiger partial charge in [-0.25, -0.2) is 4.98 Å². The summed E-state index contributed by atoms with van der Waals surface area (Å²) in [5.41, 5.74) is 1.85. The average Bonchev–Trinajstić information content (AvgIpc) is 3.47. The van der Waals surface area contributed by atoms with Crippen molar-refractivity contribution in [1.82, 2.24) is 29.6 Å². The van der Waals surface area contributed by atoms with Gasteiger partial charge in [0, 0.05) is 25.8 Å². The number of benzene rings is 1. The van der Waals surface area contributed by atoms with Crippen molar-refractivity contribution in [3.63, 3.8) is 0 Å². The van der Waals surface area contributed by atoms with Gasteiger partial charge in [-0.1, -0.05) is 35.3 Å². The molecule has 168 valence electrons. The lowest BCUT2D eigenvalue weighted by Crippen LogP contribution is -2.30. The molecule has 1 aliphatic heterocycles. The Hall–Kier alpha value is -3.43. The smallest absolute Gasteiger partial charge is 0.278 e. The summed E-state index contributed by atoms with van der Waals surface area (Å²) >= 11 is 12.0. The molecule has 11 heteroatoms. The number of anilines is 1. The van der Waals surface area contributed by atoms with Gasteiger partial charge in [0.25, 0.3) is 11.5 Å². The molecular weight excluding hydrogens is 465 g/mol. The number of hydrogen-bond donors (Lipinski definition) is 2. The third kappa shape index (κ3) is 4.29. The zero-order chi connectivity index (χ0) is 22.9. The van der Waals surface area contributed by atoms with E-state index in [1.54, 1.807) is 52.3 Å². The van der Waals surface area contributed by atoms with Crippen LogP contribution in [-0.4, -0.2) is 48.6 Å². The van der Waals surface area contributed by atoms with Gasteiger partial charge in [0.1, 0.15) is 11.2 Å². The molecule has 0 saturated carbocycles. The molecule has 4 aromatic rings. The highest BCUT2D eigenvalue weighted by molar-refractivity contribution is 6.42. The number of nitrogens with zero attached hydrogens (tertiary/aromatic N) is 5. The average molecular weight is 484 g/mol. The first-order valence-electron chi connectivity index (χ1n) is 10.4. The number of aromatic amines is 1. The molecule has 0 spiro atoms. The van der Waals surface area contributed by atoms with Crippen molar-refractivity contribution in [2.75, 3.05) is 18.4 Å². The number of hydrogen-bond acceptors (Lipinski definition) is 6. The van der Waals surface area contributed by atoms with Crippen molar-refractivity contribution in [2.24, 2.45) is 0 Å². The normalized spacial score (nSPS) is 15.8. The van der Waals surface area contributed by atoms with Crippen LogP contribution in [0.15, 0.2) is 53.6 Å². The maximum atomic E-state index is 12.9. The number of pyridine rings is 1. The Bertz CT molecular complexity index is 1390. The lowest BCUT2D eigenvalue weighted by atomic mass is 10.2. The van der Waals surface area contributed by atoms with Crippen molar-refractivity contribution in [1.29, 1.82) is 0 Å². The second-order valence-corrected chi connectivity index (χ2v) is 8.56. The molecule has 1 aromatic carbocycles. The Kier molecular flexibility index (Phi) is 5.74. The third-order valence-electron chi connectivity index (χ3n) is 5.58. The van der Waals surface area contributed by atoms with E-state index in [9.17, 15) is 9.59 Å². The first kappa shape index (κ1) is 21.4. The molecule has 0 aliphatic carbocycles. The van der Waals surface area contributed by atoms with Gasteiger partial charge in [0.15, 0.2) is 5.52 Å². The lowest BCUT2D eigenvalue weighted by Gasteiger charge is -2.16. The minimum atomic E-state index is -0.302. The second kappa shape index (κ2) is 8.84. The van der Waals surface area contributed by atoms with E-state index in [-0.39, 0.29) is 17.5 Å². The zero-order valence-corrected chi connectivity index (χ0v) is 18.8. The number of aromatic nitrogens is 5. The lowest BCUT2D eigenvalue weighted by molar-refractivity contribution is 0.0781. The molecule has 1 amide bonds. The van der Waals surface area contributed by atoms with Crippen molar-refractivity contribution in [3.05, 3.63) is 80.4 Å². The monoisotopic (exact) mass is 483 g/mol. The first-order valence-corrected chi connectivity index (χ1v) is 11.1. The highest BCUT2D eigenvalue weighted by atomic mass is 35.5. The van der Waals surface area contributed by atoms with Gasteiger partial charge in [0.2, 0.25) is 5.95 Å². The van der Waals surface area contributed by atoms with Crippen LogP contribution in [0, 0.1) is 0 Å². The van der Waals surface area contributed by atoms with Gasteiger partial charge in [0.05, 0.1) is 22.3 Å². The summed E-state index contributed by atoms with van der Waals surface area (Å²) in [7, 11) is 0. The molecule has 1 fully saturated rings. The largest absolute Gasteiger partial charge is 0.352 e. The summed E-state index contributed by atoms with van der Waals surface area (Å²) in [6.45, 7) is 1.42. The minimum absolute atomic E-state index is 0.118. The van der Waals surface area contributed by atoms with E-state index in [1.165, 1.54) is 0 Å². The van der Waals surface area contributed by atoms with E-state index in [2.05, 4.69) is 25.4 Å². The SMILES string of the molecule is O=C(c1ccccn1)N1CCC(n2ncc3nc(NCc4ccc(Cl)c(Cl)c4)[nH]c(=O)c32)C1. The Labute approximate surface area is 198 Å². The zero-order valence-electron chi connectivity index (χ0n) is 17.3. The maximum absolute atomic E-state index is 12.9. The van der Waals surface area contributed by atoms with E-state index in [0.717, 1.165) is 5.56 Å². The van der Waals surface area contributed by atoms with E-state index in [1.807, 2.05) is 6.07 Å². The van der Waals surface area contributed by atoms with Crippen LogP contribution in [-0.2, 0) is 6.54 Å². The van der Waals surface area contributed by atoms with E-state index >= 15 is 0 Å². The fraction of sp³-hybridized carbons (Fsp3) is 0.227. The summed E-state index contributed by atoms with van der Waals surface area (Å²) in [5, 5.41) is 8.44. The van der Waals surface area contributed by atoms with E-state index < -0.39 is 0 Å². The summed E-state index contributed by atoms with van der Waals surface area (Å²) in [5.74, 6) is 0.201. The molecule has 0 radical (unpaired) electrons. The fourth-order valence-electron chi connectivity index (χ4n) is 3.94. The van der Waals surface area contributed by atoms with Crippen LogP contribution < -0.4 is 10.9 Å². The topological polar surface area (TPSA) is 109 Å². The van der Waals surface area contributed by atoms with Crippen molar-refractivity contribution >= 4 is 46.1 Å². The van der Waals surface area contributed by atoms with Crippen LogP contribution in [0.1, 0.15) is 28.5 Å². The molecule has 1 aliphatic rings. The molecule has 1 saturated heterocycles. The number of carbonyl (C=O) groups excluding carboxylic acids is 1. The number of halogens is 2. The molecule has 4 heterocycles. The third-order valence-corrected chi connectivity index (χ3v) is 6.32. The number of fused-ring (bicyclic) bond motifs is 1. The van der Waals surface area contributed by atoms with Gasteiger partial charge in [-0.3, -0.25) is 24.2 Å². The molecule has 5 rings (SSSR count). The molecule has 2 N–H and O–H groups in total. The number of likely N-dealkylation sites (tertiary alicyclic amines) is 1. The van der Waals surface area contributed by atoms with Gasteiger partial charge >= 0.3 is 0 Å². The molecule has 9 nitrogen and oxygen atoms in total. The molecule has 33 heavy (non-hydrogen) atoms. The summed E-state index contributed by atoms with van der Waals surface area (Å²) in [6.07, 6.45) is 3.85. The minimum Gasteiger partial charge on any atom is -0.352 e. The van der Waals surface area contributed by atoms with Gasteiger partial charge in [-0.05, 0) is 36.2 Å². The molecule has 3 aromatic heterocycles. The highest BCUT2D eigenvalue weighted by Gasteiger charge is 2.30. The predicted octanol–water partition coefficient (Wildman–Crippen LogP) is 3.52. The van der Waals surface area contributed by atoms with Gasteiger partial charge < -0.3 is 10.2 Å². The van der Waals surface area contributed by atoms with Crippen molar-refractivity contribution < 1.29 is 4.79 Å². The molecule has 1 atom stereocenters. The van der Waals surface area contributed by atoms with Crippen LogP contribution in [0.25, 0.3) is 11.0 Å². The molecule has 0 bridgehead atoms. The van der Waals surface area contributed by atoms with Crippen LogP contribution >= 0.6 is 23.2 Å². The number of carbonyl (C=O) groups is 1. The van der Waals surface area contributed by atoms with Crippen LogP contribution in [0.2, 0.25) is 10.0 Å². The second-order valence-electron chi connectivity index (χ2n) is 7.75. The van der Waals surface area contributed by atoms with Crippen LogP contribution in [0.3, 0.4) is 0 Å². The Balaban J connectivity index is 1.33. The van der Waals surface area contributed by atoms with Gasteiger partial charge in [-0.2, -0.15) is 5.10 Å².